The largest absolute Gasteiger partial charge is 0.459 e. The summed E-state index contributed by atoms with van der Waals surface area (Å²) in [5.74, 6) is -2.22. The number of hydrogen-bond donors (Lipinski definition) is 0. The van der Waals surface area contributed by atoms with Gasteiger partial charge in [-0.15, -0.1) is 0 Å². The van der Waals surface area contributed by atoms with Gasteiger partial charge in [-0.1, -0.05) is 71.6 Å². The van der Waals surface area contributed by atoms with Crippen LogP contribution in [0.5, 0.6) is 0 Å². The van der Waals surface area contributed by atoms with E-state index in [1.165, 1.54) is 32.1 Å². The van der Waals surface area contributed by atoms with Crippen LogP contribution in [0.15, 0.2) is 18.2 Å². The maximum absolute atomic E-state index is 13.4. The third kappa shape index (κ3) is 10.1. The van der Waals surface area contributed by atoms with Gasteiger partial charge in [0.1, 0.15) is 11.9 Å². The van der Waals surface area contributed by atoms with Gasteiger partial charge in [-0.3, -0.25) is 0 Å². The number of hydrogen-bond acceptors (Lipinski definition) is 2. The molecule has 1 aromatic rings. The van der Waals surface area contributed by atoms with Crippen molar-refractivity contribution in [1.29, 1.82) is 0 Å². The molecule has 0 heterocycles. The zero-order valence-electron chi connectivity index (χ0n) is 17.6. The molecule has 0 amide bonds. The van der Waals surface area contributed by atoms with Gasteiger partial charge in [0.05, 0.1) is 11.1 Å². The van der Waals surface area contributed by atoms with Crippen LogP contribution in [0, 0.1) is 5.82 Å². The Morgan fingerprint density at radius 1 is 0.897 bits per heavy atom. The van der Waals surface area contributed by atoms with E-state index in [2.05, 4.69) is 6.92 Å². The van der Waals surface area contributed by atoms with Crippen LogP contribution in [0.25, 0.3) is 0 Å². The lowest BCUT2D eigenvalue weighted by atomic mass is 10.0. The molecule has 0 aliphatic rings. The van der Waals surface area contributed by atoms with Crippen molar-refractivity contribution in [3.05, 3.63) is 35.1 Å². The van der Waals surface area contributed by atoms with Gasteiger partial charge in [0.2, 0.25) is 0 Å². The summed E-state index contributed by atoms with van der Waals surface area (Å²) >= 11 is 0. The molecular formula is C23H34F4O2. The van der Waals surface area contributed by atoms with E-state index < -0.39 is 23.5 Å². The van der Waals surface area contributed by atoms with Crippen LogP contribution >= 0.6 is 0 Å². The number of carbonyl (C=O) groups is 1. The molecule has 2 nitrogen and oxygen atoms in total. The first-order chi connectivity index (χ1) is 13.8. The topological polar surface area (TPSA) is 26.3 Å². The molecule has 0 aromatic heterocycles. The van der Waals surface area contributed by atoms with Crippen LogP contribution in [-0.4, -0.2) is 12.1 Å². The monoisotopic (exact) mass is 418 g/mol. The second-order valence-electron chi connectivity index (χ2n) is 7.63. The zero-order valence-corrected chi connectivity index (χ0v) is 17.6. The van der Waals surface area contributed by atoms with E-state index in [0.717, 1.165) is 38.2 Å². The summed E-state index contributed by atoms with van der Waals surface area (Å²) in [5.41, 5.74) is -1.71. The molecule has 0 fully saturated rings. The van der Waals surface area contributed by atoms with E-state index in [1.807, 2.05) is 6.92 Å². The van der Waals surface area contributed by atoms with E-state index in [4.69, 9.17) is 4.74 Å². The Hall–Kier alpha value is -1.59. The number of rotatable bonds is 14. The molecular weight excluding hydrogens is 384 g/mol. The number of carbonyl (C=O) groups excluding carboxylic acids is 1. The van der Waals surface area contributed by atoms with E-state index in [0.29, 0.717) is 25.0 Å². The van der Waals surface area contributed by atoms with Crippen molar-refractivity contribution in [3.8, 4) is 0 Å². The van der Waals surface area contributed by atoms with Crippen LogP contribution in [0.1, 0.15) is 107 Å². The van der Waals surface area contributed by atoms with Crippen LogP contribution in [0.3, 0.4) is 0 Å². The molecule has 0 aliphatic heterocycles. The maximum Gasteiger partial charge on any atom is 0.419 e. The third-order valence-electron chi connectivity index (χ3n) is 5.04. The molecule has 0 radical (unpaired) electrons. The lowest BCUT2D eigenvalue weighted by Gasteiger charge is -2.18. The molecule has 1 rings (SSSR count). The van der Waals surface area contributed by atoms with Gasteiger partial charge >= 0.3 is 12.1 Å². The van der Waals surface area contributed by atoms with Gasteiger partial charge in [-0.05, 0) is 37.5 Å². The maximum atomic E-state index is 13.4. The summed E-state index contributed by atoms with van der Waals surface area (Å²) in [6.45, 7) is 4.22. The number of unbranched alkanes of at least 4 members (excludes halogenated alkanes) is 8. The Balaban J connectivity index is 2.56. The minimum Gasteiger partial charge on any atom is -0.459 e. The highest BCUT2D eigenvalue weighted by molar-refractivity contribution is 5.89. The number of halogens is 4. The van der Waals surface area contributed by atoms with Crippen LogP contribution in [0.4, 0.5) is 17.6 Å². The Labute approximate surface area is 172 Å². The SMILES string of the molecule is CCCCCCCCCCC(CCCC)OC(=O)c1ccc(F)c(C(F)(F)F)c1. The molecule has 0 spiro atoms. The number of ether oxygens (including phenoxy) is 1. The van der Waals surface area contributed by atoms with Gasteiger partial charge in [0, 0.05) is 0 Å². The predicted molar refractivity (Wildman–Crippen MR) is 107 cm³/mol. The van der Waals surface area contributed by atoms with Crippen molar-refractivity contribution in [2.45, 2.75) is 103 Å². The van der Waals surface area contributed by atoms with Crippen molar-refractivity contribution in [3.63, 3.8) is 0 Å². The Bertz CT molecular complexity index is 599. The summed E-state index contributed by atoms with van der Waals surface area (Å²) in [7, 11) is 0. The van der Waals surface area contributed by atoms with E-state index in [1.54, 1.807) is 0 Å². The molecule has 6 heteroatoms. The molecule has 1 unspecified atom stereocenters. The fourth-order valence-corrected chi connectivity index (χ4v) is 3.29. The second-order valence-corrected chi connectivity index (χ2v) is 7.63. The van der Waals surface area contributed by atoms with Crippen molar-refractivity contribution >= 4 is 5.97 Å². The predicted octanol–water partition coefficient (Wildman–Crippen LogP) is 8.09. The van der Waals surface area contributed by atoms with E-state index >= 15 is 0 Å². The van der Waals surface area contributed by atoms with Gasteiger partial charge in [-0.2, -0.15) is 13.2 Å². The van der Waals surface area contributed by atoms with Crippen molar-refractivity contribution < 1.29 is 27.1 Å². The van der Waals surface area contributed by atoms with Crippen molar-refractivity contribution in [2.24, 2.45) is 0 Å². The van der Waals surface area contributed by atoms with Gasteiger partial charge in [0.15, 0.2) is 0 Å². The molecule has 29 heavy (non-hydrogen) atoms. The van der Waals surface area contributed by atoms with Gasteiger partial charge in [-0.25, -0.2) is 9.18 Å². The standard InChI is InChI=1S/C23H34F4O2/c1-3-5-7-8-9-10-11-12-14-19(13-6-4-2)29-22(28)18-15-16-21(24)20(17-18)23(25,26)27/h15-17,19H,3-14H2,1-2H3. The average molecular weight is 419 g/mol. The number of esters is 1. The molecule has 0 saturated carbocycles. The third-order valence-corrected chi connectivity index (χ3v) is 5.04. The Morgan fingerprint density at radius 2 is 1.45 bits per heavy atom. The number of benzene rings is 1. The van der Waals surface area contributed by atoms with E-state index in [9.17, 15) is 22.4 Å². The molecule has 0 bridgehead atoms. The van der Waals surface area contributed by atoms with Crippen LogP contribution in [-0.2, 0) is 10.9 Å². The quantitative estimate of drug-likeness (QED) is 0.173. The lowest BCUT2D eigenvalue weighted by molar-refractivity contribution is -0.140. The minimum atomic E-state index is -4.85. The van der Waals surface area contributed by atoms with E-state index in [-0.39, 0.29) is 11.7 Å². The summed E-state index contributed by atoms with van der Waals surface area (Å²) < 4.78 is 57.5. The fraction of sp³-hybridized carbons (Fsp3) is 0.696. The molecule has 1 aromatic carbocycles. The van der Waals surface area contributed by atoms with Gasteiger partial charge < -0.3 is 4.74 Å². The molecule has 1 atom stereocenters. The normalized spacial score (nSPS) is 12.8. The van der Waals surface area contributed by atoms with Crippen LogP contribution in [0.2, 0.25) is 0 Å². The molecule has 0 saturated heterocycles. The first kappa shape index (κ1) is 25.4. The summed E-state index contributed by atoms with van der Waals surface area (Å²) in [6, 6.07) is 2.24. The first-order valence-corrected chi connectivity index (χ1v) is 10.9. The minimum absolute atomic E-state index is 0.267. The van der Waals surface area contributed by atoms with Crippen molar-refractivity contribution in [2.75, 3.05) is 0 Å². The first-order valence-electron chi connectivity index (χ1n) is 10.9. The smallest absolute Gasteiger partial charge is 0.419 e. The Morgan fingerprint density at radius 3 is 2.03 bits per heavy atom. The second kappa shape index (κ2) is 13.6. The van der Waals surface area contributed by atoms with Crippen molar-refractivity contribution in [1.82, 2.24) is 0 Å². The summed E-state index contributed by atoms with van der Waals surface area (Å²) in [4.78, 5) is 12.3. The Kier molecular flexibility index (Phi) is 11.9. The lowest BCUT2D eigenvalue weighted by Crippen LogP contribution is -2.19. The zero-order chi connectivity index (χ0) is 21.7. The highest BCUT2D eigenvalue weighted by Crippen LogP contribution is 2.32. The molecule has 0 N–H and O–H groups in total. The summed E-state index contributed by atoms with van der Waals surface area (Å²) in [6.07, 6.45) is 7.39. The average Bonchev–Trinajstić information content (AvgIpc) is 2.67. The fourth-order valence-electron chi connectivity index (χ4n) is 3.29. The highest BCUT2D eigenvalue weighted by atomic mass is 19.4. The molecule has 0 aliphatic carbocycles. The number of alkyl halides is 3. The molecule has 166 valence electrons. The van der Waals surface area contributed by atoms with Gasteiger partial charge in [0.25, 0.3) is 0 Å². The summed E-state index contributed by atoms with van der Waals surface area (Å²) in [5, 5.41) is 0. The van der Waals surface area contributed by atoms with Crippen LogP contribution < -0.4 is 0 Å². The highest BCUT2D eigenvalue weighted by Gasteiger charge is 2.35.